The molecule has 4 fully saturated rings. The number of nitriles is 1. The lowest BCUT2D eigenvalue weighted by molar-refractivity contribution is -0.141. The minimum absolute atomic E-state index is 0.0901. The smallest absolute Gasteiger partial charge is 0.161 e. The molecule has 4 aliphatic rings. The molecule has 26 heavy (non-hydrogen) atoms. The summed E-state index contributed by atoms with van der Waals surface area (Å²) in [5.41, 5.74) is 1.40. The number of aromatic nitrogens is 1. The van der Waals surface area contributed by atoms with Crippen molar-refractivity contribution in [2.24, 2.45) is 23.2 Å². The zero-order valence-corrected chi connectivity index (χ0v) is 16.2. The van der Waals surface area contributed by atoms with Crippen LogP contribution in [0.1, 0.15) is 67.1 Å². The topological polar surface area (TPSA) is 70.8 Å². The Balaban J connectivity index is 1.51. The van der Waals surface area contributed by atoms with Crippen molar-refractivity contribution < 1.29 is 9.59 Å². The fourth-order valence-electron chi connectivity index (χ4n) is 5.87. The maximum atomic E-state index is 13.1. The molecular weight excluding hydrogens is 344 g/mol. The summed E-state index contributed by atoms with van der Waals surface area (Å²) in [4.78, 5) is 29.3. The molecule has 4 saturated carbocycles. The number of aryl methyl sites for hydroxylation is 1. The summed E-state index contributed by atoms with van der Waals surface area (Å²) in [5.74, 6) is 2.89. The van der Waals surface area contributed by atoms with Gasteiger partial charge in [0.25, 0.3) is 0 Å². The number of hydrogen-bond acceptors (Lipinski definition) is 5. The van der Waals surface area contributed by atoms with Gasteiger partial charge >= 0.3 is 0 Å². The molecule has 4 nitrogen and oxygen atoms in total. The zero-order chi connectivity index (χ0) is 18.5. The molecule has 5 rings (SSSR count). The van der Waals surface area contributed by atoms with Crippen molar-refractivity contribution >= 4 is 23.3 Å². The lowest BCUT2D eigenvalue weighted by atomic mass is 9.48. The molecule has 1 heterocycles. The maximum absolute atomic E-state index is 13.1. The summed E-state index contributed by atoms with van der Waals surface area (Å²) >= 11 is 1.37. The number of hydrogen-bond donors (Lipinski definition) is 0. The fourth-order valence-corrected chi connectivity index (χ4v) is 6.90. The largest absolute Gasteiger partial charge is 0.298 e. The molecule has 0 amide bonds. The number of thioether (sulfide) groups is 1. The predicted molar refractivity (Wildman–Crippen MR) is 100 cm³/mol. The first kappa shape index (κ1) is 17.7. The van der Waals surface area contributed by atoms with Crippen molar-refractivity contribution in [3.05, 3.63) is 22.9 Å². The summed E-state index contributed by atoms with van der Waals surface area (Å²) < 4.78 is 0. The highest BCUT2D eigenvalue weighted by Gasteiger charge is 2.54. The second kappa shape index (κ2) is 6.49. The van der Waals surface area contributed by atoms with E-state index in [1.807, 2.05) is 0 Å². The van der Waals surface area contributed by atoms with Gasteiger partial charge in [0.1, 0.15) is 16.9 Å². The van der Waals surface area contributed by atoms with Gasteiger partial charge in [-0.25, -0.2) is 4.98 Å². The molecule has 0 aliphatic heterocycles. The summed E-state index contributed by atoms with van der Waals surface area (Å²) in [6.07, 6.45) is 7.18. The monoisotopic (exact) mass is 368 g/mol. The summed E-state index contributed by atoms with van der Waals surface area (Å²) in [6.45, 7) is 3.26. The maximum Gasteiger partial charge on any atom is 0.161 e. The molecule has 136 valence electrons. The van der Waals surface area contributed by atoms with Crippen molar-refractivity contribution in [1.29, 1.82) is 5.26 Å². The molecule has 0 atom stereocenters. The van der Waals surface area contributed by atoms with Crippen molar-refractivity contribution in [3.63, 3.8) is 0 Å². The van der Waals surface area contributed by atoms with Gasteiger partial charge in [-0.05, 0) is 76.2 Å². The third-order valence-corrected chi connectivity index (χ3v) is 7.64. The van der Waals surface area contributed by atoms with E-state index in [1.54, 1.807) is 13.0 Å². The minimum Gasteiger partial charge on any atom is -0.298 e. The molecule has 1 aromatic rings. The van der Waals surface area contributed by atoms with Crippen molar-refractivity contribution in [2.75, 3.05) is 5.75 Å². The molecule has 5 heteroatoms. The van der Waals surface area contributed by atoms with E-state index < -0.39 is 0 Å². The van der Waals surface area contributed by atoms with Crippen LogP contribution in [0.2, 0.25) is 0 Å². The molecule has 0 N–H and O–H groups in total. The van der Waals surface area contributed by atoms with E-state index in [4.69, 9.17) is 0 Å². The van der Waals surface area contributed by atoms with Crippen LogP contribution in [-0.4, -0.2) is 22.3 Å². The van der Waals surface area contributed by atoms with Crippen LogP contribution in [0.3, 0.4) is 0 Å². The van der Waals surface area contributed by atoms with Crippen molar-refractivity contribution in [2.45, 2.75) is 57.4 Å². The van der Waals surface area contributed by atoms with Crippen LogP contribution in [0.15, 0.2) is 11.1 Å². The highest BCUT2D eigenvalue weighted by molar-refractivity contribution is 8.00. The van der Waals surface area contributed by atoms with Crippen LogP contribution < -0.4 is 0 Å². The van der Waals surface area contributed by atoms with Gasteiger partial charge in [-0.1, -0.05) is 11.8 Å². The minimum atomic E-state index is -0.108. The Hall–Kier alpha value is -1.67. The molecule has 0 spiro atoms. The Morgan fingerprint density at radius 3 is 2.31 bits per heavy atom. The van der Waals surface area contributed by atoms with Gasteiger partial charge in [0.15, 0.2) is 5.78 Å². The fraction of sp³-hybridized carbons (Fsp3) is 0.619. The normalized spacial score (nSPS) is 31.7. The third kappa shape index (κ3) is 2.99. The van der Waals surface area contributed by atoms with Crippen LogP contribution in [0.5, 0.6) is 0 Å². The van der Waals surface area contributed by atoms with Crippen LogP contribution in [0.4, 0.5) is 0 Å². The van der Waals surface area contributed by atoms with Gasteiger partial charge in [0.2, 0.25) is 0 Å². The second-order valence-corrected chi connectivity index (χ2v) is 9.52. The number of rotatable bonds is 5. The van der Waals surface area contributed by atoms with E-state index in [0.717, 1.165) is 37.0 Å². The molecule has 4 bridgehead atoms. The lowest BCUT2D eigenvalue weighted by Crippen LogP contribution is -2.50. The van der Waals surface area contributed by atoms with Crippen LogP contribution in [-0.2, 0) is 4.79 Å². The average molecular weight is 369 g/mol. The van der Waals surface area contributed by atoms with Crippen LogP contribution in [0, 0.1) is 41.4 Å². The van der Waals surface area contributed by atoms with Crippen molar-refractivity contribution in [3.8, 4) is 6.07 Å². The molecule has 0 unspecified atom stereocenters. The summed E-state index contributed by atoms with van der Waals surface area (Å²) in [6, 6.07) is 3.74. The van der Waals surface area contributed by atoms with Gasteiger partial charge in [0.05, 0.1) is 11.3 Å². The number of Topliss-reactive ketones (excluding diaryl/α,β-unsaturated/α-hetero) is 2. The van der Waals surface area contributed by atoms with Crippen LogP contribution in [0.25, 0.3) is 0 Å². The van der Waals surface area contributed by atoms with Gasteiger partial charge in [-0.3, -0.25) is 9.59 Å². The first-order valence-electron chi connectivity index (χ1n) is 9.49. The second-order valence-electron chi connectivity index (χ2n) is 8.55. The van der Waals surface area contributed by atoms with Crippen molar-refractivity contribution in [1.82, 2.24) is 4.98 Å². The molecule has 0 saturated heterocycles. The molecule has 0 radical (unpaired) electrons. The summed E-state index contributed by atoms with van der Waals surface area (Å²) in [5, 5.41) is 9.99. The zero-order valence-electron chi connectivity index (χ0n) is 15.4. The quantitative estimate of drug-likeness (QED) is 0.571. The predicted octanol–water partition coefficient (Wildman–Crippen LogP) is 4.34. The van der Waals surface area contributed by atoms with Gasteiger partial charge in [0, 0.05) is 16.7 Å². The Kier molecular flexibility index (Phi) is 4.43. The van der Waals surface area contributed by atoms with E-state index in [9.17, 15) is 14.9 Å². The van der Waals surface area contributed by atoms with E-state index in [2.05, 4.69) is 11.1 Å². The Morgan fingerprint density at radius 1 is 1.23 bits per heavy atom. The standard InChI is InChI=1S/C21H24N2O2S/c1-12-18(13(2)24)6-17(10-22)20(23-12)26-11-19(25)21-7-14-3-15(8-21)5-16(4-14)9-21/h6,14-16H,3-5,7-9,11H2,1-2H3. The number of ketones is 2. The van der Waals surface area contributed by atoms with Gasteiger partial charge in [-0.2, -0.15) is 5.26 Å². The van der Waals surface area contributed by atoms with Gasteiger partial charge in [-0.15, -0.1) is 0 Å². The van der Waals surface area contributed by atoms with E-state index in [1.165, 1.54) is 37.9 Å². The molecule has 0 aromatic carbocycles. The number of pyridine rings is 1. The number of nitrogens with zero attached hydrogens (tertiary/aromatic N) is 2. The van der Waals surface area contributed by atoms with E-state index in [0.29, 0.717) is 33.4 Å². The summed E-state index contributed by atoms with van der Waals surface area (Å²) in [7, 11) is 0. The Labute approximate surface area is 158 Å². The van der Waals surface area contributed by atoms with Gasteiger partial charge < -0.3 is 0 Å². The number of carbonyl (C=O) groups excluding carboxylic acids is 2. The molecular formula is C21H24N2O2S. The molecule has 4 aliphatic carbocycles. The van der Waals surface area contributed by atoms with Crippen LogP contribution >= 0.6 is 11.8 Å². The SMILES string of the molecule is CC(=O)c1cc(C#N)c(SCC(=O)C23CC4CC(CC(C4)C2)C3)nc1C. The highest BCUT2D eigenvalue weighted by Crippen LogP contribution is 2.60. The van der Waals surface area contributed by atoms with E-state index in [-0.39, 0.29) is 11.2 Å². The Bertz CT molecular complexity index is 789. The average Bonchev–Trinajstić information content (AvgIpc) is 2.58. The first-order valence-corrected chi connectivity index (χ1v) is 10.5. The number of carbonyl (C=O) groups is 2. The first-order chi connectivity index (χ1) is 12.4. The lowest BCUT2D eigenvalue weighted by Gasteiger charge is -2.56. The Morgan fingerprint density at radius 2 is 1.81 bits per heavy atom. The van der Waals surface area contributed by atoms with E-state index >= 15 is 0 Å². The highest BCUT2D eigenvalue weighted by atomic mass is 32.2. The third-order valence-electron chi connectivity index (χ3n) is 6.65. The molecule has 1 aromatic heterocycles.